The average Bonchev–Trinajstić information content (AvgIpc) is 2.42. The summed E-state index contributed by atoms with van der Waals surface area (Å²) in [5.74, 6) is 0.701. The minimum absolute atomic E-state index is 0.701. The minimum Gasteiger partial charge on any atom is -0.362 e. The first-order valence-electron chi connectivity index (χ1n) is 7.36. The summed E-state index contributed by atoms with van der Waals surface area (Å²) in [4.78, 5) is 2.40. The molecule has 0 unspecified atom stereocenters. The van der Waals surface area contributed by atoms with Crippen molar-refractivity contribution in [1.82, 2.24) is 10.2 Å². The predicted molar refractivity (Wildman–Crippen MR) is 90.4 cm³/mol. The van der Waals surface area contributed by atoms with Gasteiger partial charge in [-0.25, -0.2) is 0 Å². The summed E-state index contributed by atoms with van der Waals surface area (Å²) in [5, 5.41) is 7.40. The Morgan fingerprint density at radius 3 is 2.95 bits per heavy atom. The second kappa shape index (κ2) is 7.04. The zero-order valence-electron chi connectivity index (χ0n) is 12.7. The van der Waals surface area contributed by atoms with Gasteiger partial charge in [0.05, 0.1) is 0 Å². The number of anilines is 1. The second-order valence-corrected chi connectivity index (χ2v) is 6.26. The number of aryl methyl sites for hydroxylation is 1. The van der Waals surface area contributed by atoms with Crippen LogP contribution in [0.4, 0.5) is 5.69 Å². The number of nitrogens with one attached hydrogen (secondary N) is 2. The van der Waals surface area contributed by atoms with Gasteiger partial charge >= 0.3 is 0 Å². The van der Waals surface area contributed by atoms with E-state index in [0.717, 1.165) is 17.3 Å². The Bertz CT molecular complexity index is 473. The molecule has 0 amide bonds. The Morgan fingerprint density at radius 2 is 2.20 bits per heavy atom. The average molecular weight is 291 g/mol. The number of rotatable bonds is 3. The van der Waals surface area contributed by atoms with Crippen LogP contribution in [0, 0.1) is 19.8 Å². The normalized spacial score (nSPS) is 19.6. The topological polar surface area (TPSA) is 27.3 Å². The van der Waals surface area contributed by atoms with Crippen LogP contribution in [0.5, 0.6) is 0 Å². The molecule has 1 aliphatic rings. The number of piperidine rings is 1. The van der Waals surface area contributed by atoms with E-state index in [0.29, 0.717) is 5.92 Å². The summed E-state index contributed by atoms with van der Waals surface area (Å²) < 4.78 is 0. The molecule has 1 aliphatic heterocycles. The predicted octanol–water partition coefficient (Wildman–Crippen LogP) is 2.93. The molecule has 0 bridgehead atoms. The zero-order valence-corrected chi connectivity index (χ0v) is 13.5. The SMILES string of the molecule is Cc1cccc(NC(=S)NC[C@H]2CCCN(C)C2)c1C. The standard InChI is InChI=1S/C16H25N3S/c1-12-6-4-8-15(13(12)2)18-16(20)17-10-14-7-5-9-19(3)11-14/h4,6,8,14H,5,7,9-11H2,1-3H3,(H2,17,18,20)/t14-/m1/s1. The first-order chi connectivity index (χ1) is 9.56. The molecule has 2 rings (SSSR count). The van der Waals surface area contributed by atoms with Crippen molar-refractivity contribution in [3.63, 3.8) is 0 Å². The van der Waals surface area contributed by atoms with Crippen molar-refractivity contribution in [1.29, 1.82) is 0 Å². The smallest absolute Gasteiger partial charge is 0.170 e. The largest absolute Gasteiger partial charge is 0.362 e. The lowest BCUT2D eigenvalue weighted by Crippen LogP contribution is -2.40. The number of thiocarbonyl (C=S) groups is 1. The van der Waals surface area contributed by atoms with Crippen LogP contribution in [0.25, 0.3) is 0 Å². The third-order valence-electron chi connectivity index (χ3n) is 4.13. The van der Waals surface area contributed by atoms with Gasteiger partial charge in [0.1, 0.15) is 0 Å². The maximum Gasteiger partial charge on any atom is 0.170 e. The van der Waals surface area contributed by atoms with Gasteiger partial charge in [0.25, 0.3) is 0 Å². The van der Waals surface area contributed by atoms with Crippen LogP contribution in [-0.2, 0) is 0 Å². The Hall–Kier alpha value is -1.13. The summed E-state index contributed by atoms with van der Waals surface area (Å²) in [5.41, 5.74) is 3.64. The number of benzene rings is 1. The summed E-state index contributed by atoms with van der Waals surface area (Å²) >= 11 is 5.40. The number of nitrogens with zero attached hydrogens (tertiary/aromatic N) is 1. The van der Waals surface area contributed by atoms with Crippen molar-refractivity contribution in [2.24, 2.45) is 5.92 Å². The zero-order chi connectivity index (χ0) is 14.5. The summed E-state index contributed by atoms with van der Waals surface area (Å²) in [6.45, 7) is 7.59. The highest BCUT2D eigenvalue weighted by atomic mass is 32.1. The van der Waals surface area contributed by atoms with Crippen molar-refractivity contribution in [3.8, 4) is 0 Å². The highest BCUT2D eigenvalue weighted by Gasteiger charge is 2.17. The van der Waals surface area contributed by atoms with Crippen LogP contribution in [0.3, 0.4) is 0 Å². The molecule has 0 aliphatic carbocycles. The van der Waals surface area contributed by atoms with E-state index < -0.39 is 0 Å². The summed E-state index contributed by atoms with van der Waals surface area (Å²) in [6.07, 6.45) is 2.59. The van der Waals surface area contributed by atoms with Gasteiger partial charge in [0.15, 0.2) is 5.11 Å². The van der Waals surface area contributed by atoms with E-state index in [4.69, 9.17) is 12.2 Å². The number of hydrogen-bond donors (Lipinski definition) is 2. The lowest BCUT2D eigenvalue weighted by molar-refractivity contribution is 0.211. The molecule has 110 valence electrons. The molecule has 1 aromatic rings. The first-order valence-corrected chi connectivity index (χ1v) is 7.76. The summed E-state index contributed by atoms with van der Waals surface area (Å²) in [7, 11) is 2.19. The van der Waals surface area contributed by atoms with Gasteiger partial charge in [-0.15, -0.1) is 0 Å². The van der Waals surface area contributed by atoms with E-state index >= 15 is 0 Å². The number of hydrogen-bond acceptors (Lipinski definition) is 2. The van der Waals surface area contributed by atoms with E-state index in [2.05, 4.69) is 54.6 Å². The molecule has 1 atom stereocenters. The van der Waals surface area contributed by atoms with Crippen LogP contribution in [0.15, 0.2) is 18.2 Å². The van der Waals surface area contributed by atoms with Crippen LogP contribution >= 0.6 is 12.2 Å². The molecule has 2 N–H and O–H groups in total. The monoisotopic (exact) mass is 291 g/mol. The van der Waals surface area contributed by atoms with E-state index in [-0.39, 0.29) is 0 Å². The second-order valence-electron chi connectivity index (χ2n) is 5.85. The van der Waals surface area contributed by atoms with Gasteiger partial charge in [-0.05, 0) is 75.6 Å². The van der Waals surface area contributed by atoms with Crippen LogP contribution in [0.1, 0.15) is 24.0 Å². The van der Waals surface area contributed by atoms with Crippen molar-refractivity contribution in [2.75, 3.05) is 32.0 Å². The maximum absolute atomic E-state index is 5.40. The summed E-state index contributed by atoms with van der Waals surface area (Å²) in [6, 6.07) is 6.25. The van der Waals surface area contributed by atoms with E-state index in [1.807, 2.05) is 0 Å². The van der Waals surface area contributed by atoms with Crippen LogP contribution in [0.2, 0.25) is 0 Å². The van der Waals surface area contributed by atoms with Gasteiger partial charge < -0.3 is 15.5 Å². The van der Waals surface area contributed by atoms with Gasteiger partial charge in [0.2, 0.25) is 0 Å². The fraction of sp³-hybridized carbons (Fsp3) is 0.562. The first kappa shape index (κ1) is 15.3. The van der Waals surface area contributed by atoms with Crippen LogP contribution < -0.4 is 10.6 Å². The van der Waals surface area contributed by atoms with Gasteiger partial charge in [0, 0.05) is 18.8 Å². The fourth-order valence-electron chi connectivity index (χ4n) is 2.73. The molecule has 0 radical (unpaired) electrons. The van der Waals surface area contributed by atoms with Crippen LogP contribution in [-0.4, -0.2) is 36.7 Å². The maximum atomic E-state index is 5.40. The Labute approximate surface area is 127 Å². The van der Waals surface area contributed by atoms with Crippen molar-refractivity contribution in [2.45, 2.75) is 26.7 Å². The molecule has 0 saturated carbocycles. The molecular weight excluding hydrogens is 266 g/mol. The fourth-order valence-corrected chi connectivity index (χ4v) is 2.92. The van der Waals surface area contributed by atoms with Crippen molar-refractivity contribution >= 4 is 23.0 Å². The third kappa shape index (κ3) is 4.18. The molecule has 3 nitrogen and oxygen atoms in total. The van der Waals surface area contributed by atoms with Gasteiger partial charge in [-0.3, -0.25) is 0 Å². The molecule has 1 heterocycles. The molecule has 1 saturated heterocycles. The quantitative estimate of drug-likeness (QED) is 0.837. The molecule has 1 aromatic carbocycles. The van der Waals surface area contributed by atoms with Crippen molar-refractivity contribution in [3.05, 3.63) is 29.3 Å². The van der Waals surface area contributed by atoms with E-state index in [9.17, 15) is 0 Å². The highest BCUT2D eigenvalue weighted by Crippen LogP contribution is 2.18. The lowest BCUT2D eigenvalue weighted by Gasteiger charge is -2.30. The lowest BCUT2D eigenvalue weighted by atomic mass is 9.99. The highest BCUT2D eigenvalue weighted by molar-refractivity contribution is 7.80. The van der Waals surface area contributed by atoms with E-state index in [1.54, 1.807) is 0 Å². The Morgan fingerprint density at radius 1 is 1.40 bits per heavy atom. The Kier molecular flexibility index (Phi) is 5.38. The molecule has 20 heavy (non-hydrogen) atoms. The van der Waals surface area contributed by atoms with Gasteiger partial charge in [-0.1, -0.05) is 12.1 Å². The number of likely N-dealkylation sites (tertiary alicyclic amines) is 1. The molecular formula is C16H25N3S. The van der Waals surface area contributed by atoms with Gasteiger partial charge in [-0.2, -0.15) is 0 Å². The molecule has 0 aromatic heterocycles. The van der Waals surface area contributed by atoms with E-state index in [1.165, 1.54) is 37.1 Å². The molecule has 0 spiro atoms. The minimum atomic E-state index is 0.701. The Balaban J connectivity index is 1.82. The molecule has 4 heteroatoms. The third-order valence-corrected chi connectivity index (χ3v) is 4.37. The van der Waals surface area contributed by atoms with Crippen molar-refractivity contribution < 1.29 is 0 Å². The molecule has 1 fully saturated rings.